The van der Waals surface area contributed by atoms with Gasteiger partial charge >= 0.3 is 5.69 Å². The maximum atomic E-state index is 13.6. The van der Waals surface area contributed by atoms with Gasteiger partial charge in [-0.3, -0.25) is 10.1 Å². The number of nitrogens with zero attached hydrogens (tertiary/aromatic N) is 1. The maximum Gasteiger partial charge on any atom is 0.305 e. The predicted octanol–water partition coefficient (Wildman–Crippen LogP) is 3.93. The number of anilines is 1. The molecule has 1 N–H and O–H groups in total. The summed E-state index contributed by atoms with van der Waals surface area (Å²) in [5, 5.41) is 13.5. The van der Waals surface area contributed by atoms with Crippen LogP contribution < -0.4 is 5.32 Å². The molecule has 0 amide bonds. The number of halogens is 3. The first-order chi connectivity index (χ1) is 9.88. The molecule has 0 aliphatic carbocycles. The van der Waals surface area contributed by atoms with E-state index in [2.05, 4.69) is 5.32 Å². The molecule has 0 aliphatic rings. The predicted molar refractivity (Wildman–Crippen MR) is 71.5 cm³/mol. The van der Waals surface area contributed by atoms with Crippen molar-refractivity contribution in [1.82, 2.24) is 0 Å². The molecule has 7 heteroatoms. The summed E-state index contributed by atoms with van der Waals surface area (Å²) in [5.74, 6) is -2.51. The highest BCUT2D eigenvalue weighted by Gasteiger charge is 2.18. The molecule has 0 unspecified atom stereocenters. The van der Waals surface area contributed by atoms with Crippen molar-refractivity contribution in [2.24, 2.45) is 0 Å². The van der Waals surface area contributed by atoms with Crippen LogP contribution in [0.25, 0.3) is 0 Å². The zero-order chi connectivity index (χ0) is 15.6. The largest absolute Gasteiger partial charge is 0.381 e. The minimum Gasteiger partial charge on any atom is -0.381 e. The molecule has 21 heavy (non-hydrogen) atoms. The fourth-order valence-electron chi connectivity index (χ4n) is 1.87. The van der Waals surface area contributed by atoms with E-state index in [1.807, 2.05) is 0 Å². The molecule has 2 rings (SSSR count). The zero-order valence-electron chi connectivity index (χ0n) is 11.0. The number of nitrogens with one attached hydrogen (secondary N) is 1. The molecule has 0 saturated carbocycles. The van der Waals surface area contributed by atoms with Gasteiger partial charge in [0.25, 0.3) is 0 Å². The molecule has 0 heterocycles. The van der Waals surface area contributed by atoms with Crippen LogP contribution in [0.2, 0.25) is 0 Å². The number of rotatable bonds is 4. The lowest BCUT2D eigenvalue weighted by Crippen LogP contribution is -2.05. The minimum absolute atomic E-state index is 0.0492. The van der Waals surface area contributed by atoms with Crippen molar-refractivity contribution in [3.63, 3.8) is 0 Å². The third-order valence-electron chi connectivity index (χ3n) is 2.97. The van der Waals surface area contributed by atoms with Crippen LogP contribution >= 0.6 is 0 Å². The third-order valence-corrected chi connectivity index (χ3v) is 2.97. The van der Waals surface area contributed by atoms with Crippen molar-refractivity contribution < 1.29 is 18.1 Å². The summed E-state index contributed by atoms with van der Waals surface area (Å²) in [4.78, 5) is 9.72. The minimum atomic E-state index is -1.22. The lowest BCUT2D eigenvalue weighted by Gasteiger charge is -2.10. The summed E-state index contributed by atoms with van der Waals surface area (Å²) in [6.07, 6.45) is 0. The molecule has 2 aromatic carbocycles. The van der Waals surface area contributed by atoms with Gasteiger partial charge < -0.3 is 5.32 Å². The van der Waals surface area contributed by atoms with Crippen molar-refractivity contribution in [3.8, 4) is 0 Å². The topological polar surface area (TPSA) is 55.2 Å². The van der Waals surface area contributed by atoms with Crippen molar-refractivity contribution in [2.75, 3.05) is 5.32 Å². The van der Waals surface area contributed by atoms with Gasteiger partial charge in [-0.25, -0.2) is 8.78 Å². The molecule has 0 atom stereocenters. The van der Waals surface area contributed by atoms with Crippen LogP contribution in [-0.4, -0.2) is 4.92 Å². The molecule has 4 nitrogen and oxygen atoms in total. The normalized spacial score (nSPS) is 10.5. The third kappa shape index (κ3) is 3.31. The number of nitro benzene ring substituents is 1. The SMILES string of the molecule is Cc1cc(F)ccc1NCc1cc([N+](=O)[O-])c(F)cc1F. The van der Waals surface area contributed by atoms with Gasteiger partial charge in [0.15, 0.2) is 0 Å². The van der Waals surface area contributed by atoms with Crippen LogP contribution in [0.4, 0.5) is 24.5 Å². The van der Waals surface area contributed by atoms with Gasteiger partial charge in [0.2, 0.25) is 5.82 Å². The van der Waals surface area contributed by atoms with Crippen LogP contribution in [0.15, 0.2) is 30.3 Å². The zero-order valence-corrected chi connectivity index (χ0v) is 11.0. The lowest BCUT2D eigenvalue weighted by molar-refractivity contribution is -0.387. The van der Waals surface area contributed by atoms with Crippen molar-refractivity contribution in [3.05, 3.63) is 69.0 Å². The number of hydrogen-bond acceptors (Lipinski definition) is 3. The van der Waals surface area contributed by atoms with Gasteiger partial charge in [0, 0.05) is 29.9 Å². The summed E-state index contributed by atoms with van der Waals surface area (Å²) in [6.45, 7) is 1.58. The van der Waals surface area contributed by atoms with E-state index in [4.69, 9.17) is 0 Å². The van der Waals surface area contributed by atoms with Gasteiger partial charge in [0.1, 0.15) is 11.6 Å². The highest BCUT2D eigenvalue weighted by Crippen LogP contribution is 2.23. The Labute approximate surface area is 118 Å². The van der Waals surface area contributed by atoms with Gasteiger partial charge in [-0.05, 0) is 30.7 Å². The monoisotopic (exact) mass is 296 g/mol. The van der Waals surface area contributed by atoms with E-state index in [-0.39, 0.29) is 12.1 Å². The molecule has 0 saturated heterocycles. The van der Waals surface area contributed by atoms with Crippen molar-refractivity contribution in [1.29, 1.82) is 0 Å². The summed E-state index contributed by atoms with van der Waals surface area (Å²) in [7, 11) is 0. The first kappa shape index (κ1) is 14.8. The number of hydrogen-bond donors (Lipinski definition) is 1. The first-order valence-corrected chi connectivity index (χ1v) is 6.01. The summed E-state index contributed by atoms with van der Waals surface area (Å²) in [5.41, 5.74) is 0.325. The fourth-order valence-corrected chi connectivity index (χ4v) is 1.87. The Morgan fingerprint density at radius 3 is 2.48 bits per heavy atom. The quantitative estimate of drug-likeness (QED) is 0.687. The second-order valence-corrected chi connectivity index (χ2v) is 4.46. The number of nitro groups is 1. The first-order valence-electron chi connectivity index (χ1n) is 6.01. The van der Waals surface area contributed by atoms with Crippen LogP contribution in [0, 0.1) is 34.5 Å². The van der Waals surface area contributed by atoms with E-state index < -0.39 is 28.1 Å². The van der Waals surface area contributed by atoms with E-state index in [0.717, 1.165) is 6.07 Å². The Morgan fingerprint density at radius 1 is 1.14 bits per heavy atom. The summed E-state index contributed by atoms with van der Waals surface area (Å²) >= 11 is 0. The van der Waals surface area contributed by atoms with Crippen LogP contribution in [0.1, 0.15) is 11.1 Å². The molecule has 2 aromatic rings. The van der Waals surface area contributed by atoms with Crippen LogP contribution in [0.3, 0.4) is 0 Å². The standard InChI is InChI=1S/C14H11F3N2O2/c1-8-4-10(15)2-3-13(8)18-7-9-5-14(19(20)21)12(17)6-11(9)16/h2-6,18H,7H2,1H3. The van der Waals surface area contributed by atoms with Gasteiger partial charge in [-0.1, -0.05) is 0 Å². The van der Waals surface area contributed by atoms with Crippen molar-refractivity contribution >= 4 is 11.4 Å². The second kappa shape index (κ2) is 5.82. The smallest absolute Gasteiger partial charge is 0.305 e. The molecule has 0 radical (unpaired) electrons. The highest BCUT2D eigenvalue weighted by atomic mass is 19.1. The van der Waals surface area contributed by atoms with Gasteiger partial charge in [0.05, 0.1) is 4.92 Å². The van der Waals surface area contributed by atoms with Gasteiger partial charge in [-0.15, -0.1) is 0 Å². The molecular formula is C14H11F3N2O2. The molecule has 110 valence electrons. The van der Waals surface area contributed by atoms with Crippen LogP contribution in [-0.2, 0) is 6.54 Å². The van der Waals surface area contributed by atoms with Crippen molar-refractivity contribution in [2.45, 2.75) is 13.5 Å². The van der Waals surface area contributed by atoms with E-state index in [9.17, 15) is 23.3 Å². The van der Waals surface area contributed by atoms with Crippen LogP contribution in [0.5, 0.6) is 0 Å². The van der Waals surface area contributed by atoms with Gasteiger partial charge in [-0.2, -0.15) is 4.39 Å². The Kier molecular flexibility index (Phi) is 4.11. The molecular weight excluding hydrogens is 285 g/mol. The number of benzene rings is 2. The van der Waals surface area contributed by atoms with E-state index in [0.29, 0.717) is 17.3 Å². The second-order valence-electron chi connectivity index (χ2n) is 4.46. The Morgan fingerprint density at radius 2 is 1.86 bits per heavy atom. The van der Waals surface area contributed by atoms with E-state index in [1.165, 1.54) is 18.2 Å². The molecule has 0 bridgehead atoms. The fraction of sp³-hybridized carbons (Fsp3) is 0.143. The highest BCUT2D eigenvalue weighted by molar-refractivity contribution is 5.51. The summed E-state index contributed by atoms with van der Waals surface area (Å²) < 4.78 is 39.8. The molecule has 0 aromatic heterocycles. The Hall–Kier alpha value is -2.57. The maximum absolute atomic E-state index is 13.6. The lowest BCUT2D eigenvalue weighted by atomic mass is 10.1. The summed E-state index contributed by atoms with van der Waals surface area (Å²) in [6, 6.07) is 5.33. The molecule has 0 spiro atoms. The Balaban J connectivity index is 2.23. The average Bonchev–Trinajstić information content (AvgIpc) is 2.39. The average molecular weight is 296 g/mol. The van der Waals surface area contributed by atoms with E-state index in [1.54, 1.807) is 6.92 Å². The molecule has 0 aliphatic heterocycles. The Bertz CT molecular complexity index is 705. The number of aryl methyl sites for hydroxylation is 1. The molecule has 0 fully saturated rings. The van der Waals surface area contributed by atoms with E-state index >= 15 is 0 Å².